The lowest BCUT2D eigenvalue weighted by atomic mass is 10.2. The van der Waals surface area contributed by atoms with Crippen LogP contribution in [0.4, 0.5) is 5.69 Å². The van der Waals surface area contributed by atoms with Crippen LogP contribution >= 0.6 is 23.2 Å². The van der Waals surface area contributed by atoms with Crippen LogP contribution in [-0.4, -0.2) is 23.0 Å². The third-order valence-corrected chi connectivity index (χ3v) is 3.20. The number of amides is 1. The van der Waals surface area contributed by atoms with Crippen molar-refractivity contribution in [1.82, 2.24) is 0 Å². The maximum Gasteiger partial charge on any atom is 0.326 e. The zero-order valence-electron chi connectivity index (χ0n) is 8.69. The van der Waals surface area contributed by atoms with Crippen molar-refractivity contribution in [3.63, 3.8) is 0 Å². The van der Waals surface area contributed by atoms with Gasteiger partial charge in [0.1, 0.15) is 6.04 Å². The minimum absolute atomic E-state index is 0.218. The van der Waals surface area contributed by atoms with Crippen LogP contribution < -0.4 is 4.90 Å². The smallest absolute Gasteiger partial charge is 0.326 e. The zero-order valence-corrected chi connectivity index (χ0v) is 10.2. The van der Waals surface area contributed by atoms with E-state index in [1.165, 1.54) is 11.0 Å². The Balaban J connectivity index is 2.43. The van der Waals surface area contributed by atoms with Crippen LogP contribution in [0.3, 0.4) is 0 Å². The molecule has 1 aromatic carbocycles. The molecule has 0 aromatic heterocycles. The molecule has 0 saturated carbocycles. The number of carbonyl (C=O) groups excluding carboxylic acids is 1. The van der Waals surface area contributed by atoms with Crippen molar-refractivity contribution in [2.24, 2.45) is 0 Å². The Hall–Kier alpha value is -1.26. The van der Waals surface area contributed by atoms with E-state index in [-0.39, 0.29) is 17.4 Å². The minimum Gasteiger partial charge on any atom is -0.480 e. The fourth-order valence-electron chi connectivity index (χ4n) is 1.90. The second-order valence-electron chi connectivity index (χ2n) is 3.75. The molecule has 2 rings (SSSR count). The van der Waals surface area contributed by atoms with Crippen LogP contribution in [-0.2, 0) is 9.59 Å². The van der Waals surface area contributed by atoms with E-state index in [0.29, 0.717) is 17.1 Å². The summed E-state index contributed by atoms with van der Waals surface area (Å²) in [6.07, 6.45) is 0.517. The van der Waals surface area contributed by atoms with Crippen molar-refractivity contribution in [2.75, 3.05) is 4.90 Å². The fourth-order valence-corrected chi connectivity index (χ4v) is 2.40. The van der Waals surface area contributed by atoms with E-state index in [2.05, 4.69) is 0 Å². The first-order valence-electron chi connectivity index (χ1n) is 5.00. The van der Waals surface area contributed by atoms with Gasteiger partial charge in [-0.25, -0.2) is 4.79 Å². The number of hydrogen-bond donors (Lipinski definition) is 1. The van der Waals surface area contributed by atoms with Gasteiger partial charge in [-0.1, -0.05) is 23.2 Å². The first-order valence-corrected chi connectivity index (χ1v) is 5.76. The van der Waals surface area contributed by atoms with Gasteiger partial charge in [-0.2, -0.15) is 0 Å². The zero-order chi connectivity index (χ0) is 12.6. The van der Waals surface area contributed by atoms with Crippen LogP contribution in [0.5, 0.6) is 0 Å². The number of benzene rings is 1. The number of nitrogens with zero attached hydrogens (tertiary/aromatic N) is 1. The van der Waals surface area contributed by atoms with Gasteiger partial charge in [0.15, 0.2) is 0 Å². The Bertz CT molecular complexity index is 490. The molecule has 1 N–H and O–H groups in total. The standard InChI is InChI=1S/C11H9Cl2NO3/c12-6-1-2-8(7(13)5-6)14-9(11(16)17)3-4-10(14)15/h1-2,5,9H,3-4H2,(H,16,17). The van der Waals surface area contributed by atoms with Gasteiger partial charge in [-0.05, 0) is 24.6 Å². The third kappa shape index (κ3) is 2.23. The van der Waals surface area contributed by atoms with Gasteiger partial charge >= 0.3 is 5.97 Å². The molecule has 1 saturated heterocycles. The van der Waals surface area contributed by atoms with Crippen LogP contribution in [0, 0.1) is 0 Å². The molecule has 1 aliphatic heterocycles. The van der Waals surface area contributed by atoms with E-state index in [0.717, 1.165) is 0 Å². The molecular weight excluding hydrogens is 265 g/mol. The quantitative estimate of drug-likeness (QED) is 0.901. The lowest BCUT2D eigenvalue weighted by Crippen LogP contribution is -2.38. The van der Waals surface area contributed by atoms with Crippen molar-refractivity contribution < 1.29 is 14.7 Å². The highest BCUT2D eigenvalue weighted by molar-refractivity contribution is 6.37. The molecule has 6 heteroatoms. The van der Waals surface area contributed by atoms with E-state index in [1.54, 1.807) is 12.1 Å². The van der Waals surface area contributed by atoms with Gasteiger partial charge in [0.05, 0.1) is 10.7 Å². The molecule has 0 radical (unpaired) electrons. The molecule has 1 aliphatic rings. The minimum atomic E-state index is -1.03. The fraction of sp³-hybridized carbons (Fsp3) is 0.273. The number of anilines is 1. The van der Waals surface area contributed by atoms with Crippen LogP contribution in [0.2, 0.25) is 10.0 Å². The van der Waals surface area contributed by atoms with E-state index in [9.17, 15) is 9.59 Å². The number of aliphatic carboxylic acids is 1. The number of hydrogen-bond acceptors (Lipinski definition) is 2. The Morgan fingerprint density at radius 2 is 2.12 bits per heavy atom. The Morgan fingerprint density at radius 3 is 2.71 bits per heavy atom. The first kappa shape index (κ1) is 12.2. The van der Waals surface area contributed by atoms with Gasteiger partial charge in [0, 0.05) is 11.4 Å². The molecule has 1 fully saturated rings. The number of carbonyl (C=O) groups is 2. The van der Waals surface area contributed by atoms with E-state index in [1.807, 2.05) is 0 Å². The predicted octanol–water partition coefficient (Wildman–Crippen LogP) is 2.57. The monoisotopic (exact) mass is 273 g/mol. The summed E-state index contributed by atoms with van der Waals surface area (Å²) in [5, 5.41) is 9.76. The van der Waals surface area contributed by atoms with Crippen LogP contribution in [0.25, 0.3) is 0 Å². The molecule has 1 heterocycles. The van der Waals surface area contributed by atoms with Gasteiger partial charge in [0.2, 0.25) is 5.91 Å². The van der Waals surface area contributed by atoms with Crippen molar-refractivity contribution in [3.8, 4) is 0 Å². The Morgan fingerprint density at radius 1 is 1.41 bits per heavy atom. The molecule has 0 aliphatic carbocycles. The highest BCUT2D eigenvalue weighted by Crippen LogP contribution is 2.34. The SMILES string of the molecule is O=C(O)C1CCC(=O)N1c1ccc(Cl)cc1Cl. The number of halogens is 2. The summed E-state index contributed by atoms with van der Waals surface area (Å²) >= 11 is 11.7. The van der Waals surface area contributed by atoms with Crippen LogP contribution in [0.1, 0.15) is 12.8 Å². The molecule has 1 aromatic rings. The summed E-state index contributed by atoms with van der Waals surface area (Å²) in [4.78, 5) is 24.0. The average molecular weight is 274 g/mol. The summed E-state index contributed by atoms with van der Waals surface area (Å²) in [5.41, 5.74) is 0.394. The highest BCUT2D eigenvalue weighted by Gasteiger charge is 2.37. The molecule has 0 spiro atoms. The Kier molecular flexibility index (Phi) is 3.26. The van der Waals surface area contributed by atoms with Crippen LogP contribution in [0.15, 0.2) is 18.2 Å². The summed E-state index contributed by atoms with van der Waals surface area (Å²) in [6, 6.07) is 3.78. The number of carboxylic acid groups (broad SMARTS) is 1. The molecule has 0 bridgehead atoms. The molecule has 1 unspecified atom stereocenters. The lowest BCUT2D eigenvalue weighted by Gasteiger charge is -2.22. The van der Waals surface area contributed by atoms with Gasteiger partial charge in [-0.3, -0.25) is 9.69 Å². The largest absolute Gasteiger partial charge is 0.480 e. The topological polar surface area (TPSA) is 57.6 Å². The average Bonchev–Trinajstić information content (AvgIpc) is 2.60. The van der Waals surface area contributed by atoms with Crippen molar-refractivity contribution in [2.45, 2.75) is 18.9 Å². The Labute approximate surface area is 108 Å². The van der Waals surface area contributed by atoms with Crippen molar-refractivity contribution in [3.05, 3.63) is 28.2 Å². The van der Waals surface area contributed by atoms with Crippen molar-refractivity contribution in [1.29, 1.82) is 0 Å². The predicted molar refractivity (Wildman–Crippen MR) is 64.6 cm³/mol. The second-order valence-corrected chi connectivity index (χ2v) is 4.60. The maximum absolute atomic E-state index is 11.7. The van der Waals surface area contributed by atoms with Gasteiger partial charge in [0.25, 0.3) is 0 Å². The molecule has 17 heavy (non-hydrogen) atoms. The first-order chi connectivity index (χ1) is 8.00. The summed E-state index contributed by atoms with van der Waals surface area (Å²) < 4.78 is 0. The molecule has 90 valence electrons. The second kappa shape index (κ2) is 4.55. The molecular formula is C11H9Cl2NO3. The van der Waals surface area contributed by atoms with E-state index < -0.39 is 12.0 Å². The van der Waals surface area contributed by atoms with E-state index in [4.69, 9.17) is 28.3 Å². The van der Waals surface area contributed by atoms with Gasteiger partial charge < -0.3 is 5.11 Å². The molecule has 4 nitrogen and oxygen atoms in total. The molecule has 1 atom stereocenters. The van der Waals surface area contributed by atoms with E-state index >= 15 is 0 Å². The summed E-state index contributed by atoms with van der Waals surface area (Å²) in [6.45, 7) is 0. The molecule has 1 amide bonds. The third-order valence-electron chi connectivity index (χ3n) is 2.67. The highest BCUT2D eigenvalue weighted by atomic mass is 35.5. The summed E-state index contributed by atoms with van der Waals surface area (Å²) in [5.74, 6) is -1.26. The summed E-state index contributed by atoms with van der Waals surface area (Å²) in [7, 11) is 0. The number of rotatable bonds is 2. The maximum atomic E-state index is 11.7. The van der Waals surface area contributed by atoms with Gasteiger partial charge in [-0.15, -0.1) is 0 Å². The lowest BCUT2D eigenvalue weighted by molar-refractivity contribution is -0.138. The normalized spacial score (nSPS) is 19.8. The van der Waals surface area contributed by atoms with Crippen molar-refractivity contribution >= 4 is 40.8 Å². The number of carboxylic acids is 1.